The van der Waals surface area contributed by atoms with E-state index < -0.39 is 0 Å². The van der Waals surface area contributed by atoms with Crippen molar-refractivity contribution in [1.82, 2.24) is 0 Å². The molecule has 0 saturated carbocycles. The Balaban J connectivity index is 2.04. The van der Waals surface area contributed by atoms with Gasteiger partial charge in [-0.15, -0.1) is 0 Å². The third-order valence-electron chi connectivity index (χ3n) is 2.47. The van der Waals surface area contributed by atoms with Gasteiger partial charge in [-0.3, -0.25) is 0 Å². The molecule has 0 atom stereocenters. The summed E-state index contributed by atoms with van der Waals surface area (Å²) < 4.78 is 13.9. The first kappa shape index (κ1) is 12.1. The van der Waals surface area contributed by atoms with Crippen LogP contribution >= 0.6 is 15.9 Å². The van der Waals surface area contributed by atoms with Gasteiger partial charge in [0.1, 0.15) is 5.82 Å². The van der Waals surface area contributed by atoms with Gasteiger partial charge in [0.15, 0.2) is 0 Å². The van der Waals surface area contributed by atoms with Crippen LogP contribution < -0.4 is 5.32 Å². The zero-order valence-electron chi connectivity index (χ0n) is 9.50. The summed E-state index contributed by atoms with van der Waals surface area (Å²) in [7, 11) is 0. The Morgan fingerprint density at radius 3 is 2.47 bits per heavy atom. The molecule has 0 amide bonds. The summed E-state index contributed by atoms with van der Waals surface area (Å²) in [4.78, 5) is 0. The topological polar surface area (TPSA) is 12.0 Å². The van der Waals surface area contributed by atoms with Crippen LogP contribution in [0.15, 0.2) is 46.9 Å². The van der Waals surface area contributed by atoms with Crippen molar-refractivity contribution in [2.75, 3.05) is 5.32 Å². The smallest absolute Gasteiger partial charge is 0.124 e. The molecule has 0 aliphatic carbocycles. The third kappa shape index (κ3) is 3.56. The molecule has 0 saturated heterocycles. The minimum atomic E-state index is -0.222. The molecule has 1 nitrogen and oxygen atoms in total. The van der Waals surface area contributed by atoms with Crippen LogP contribution in [0.2, 0.25) is 0 Å². The molecule has 2 aromatic carbocycles. The van der Waals surface area contributed by atoms with Crippen LogP contribution in [0.5, 0.6) is 0 Å². The highest BCUT2D eigenvalue weighted by Gasteiger charge is 1.99. The van der Waals surface area contributed by atoms with E-state index in [9.17, 15) is 4.39 Å². The summed E-state index contributed by atoms with van der Waals surface area (Å²) in [6.45, 7) is 2.66. The zero-order valence-corrected chi connectivity index (χ0v) is 11.1. The van der Waals surface area contributed by atoms with Gasteiger partial charge in [0, 0.05) is 16.7 Å². The summed E-state index contributed by atoms with van der Waals surface area (Å²) >= 11 is 3.28. The van der Waals surface area contributed by atoms with E-state index in [2.05, 4.69) is 21.2 Å². The zero-order chi connectivity index (χ0) is 12.3. The first-order valence-electron chi connectivity index (χ1n) is 5.39. The van der Waals surface area contributed by atoms with Crippen LogP contribution in [0.3, 0.4) is 0 Å². The Bertz CT molecular complexity index is 488. The van der Waals surface area contributed by atoms with E-state index in [4.69, 9.17) is 0 Å². The lowest BCUT2D eigenvalue weighted by atomic mass is 10.2. The predicted octanol–water partition coefficient (Wildman–Crippen LogP) is 4.51. The molecule has 0 heterocycles. The second-order valence-corrected chi connectivity index (χ2v) is 4.91. The number of nitrogens with one attached hydrogen (secondary N) is 1. The normalized spacial score (nSPS) is 10.3. The first-order chi connectivity index (χ1) is 8.13. The Labute approximate surface area is 109 Å². The fourth-order valence-electron chi connectivity index (χ4n) is 1.59. The van der Waals surface area contributed by atoms with Crippen LogP contribution in [0.4, 0.5) is 10.1 Å². The Hall–Kier alpha value is -1.35. The second kappa shape index (κ2) is 5.32. The highest BCUT2D eigenvalue weighted by atomic mass is 79.9. The molecule has 2 rings (SSSR count). The number of benzene rings is 2. The van der Waals surface area contributed by atoms with E-state index in [0.29, 0.717) is 6.54 Å². The molecule has 0 aliphatic rings. The number of rotatable bonds is 3. The lowest BCUT2D eigenvalue weighted by Crippen LogP contribution is -1.99. The van der Waals surface area contributed by atoms with Crippen LogP contribution in [0.1, 0.15) is 11.1 Å². The molecule has 0 radical (unpaired) electrons. The molecular weight excluding hydrogens is 281 g/mol. The molecule has 0 aromatic heterocycles. The number of anilines is 1. The lowest BCUT2D eigenvalue weighted by molar-refractivity contribution is 0.625. The van der Waals surface area contributed by atoms with Gasteiger partial charge in [-0.25, -0.2) is 4.39 Å². The van der Waals surface area contributed by atoms with Crippen LogP contribution in [0.25, 0.3) is 0 Å². The summed E-state index contributed by atoms with van der Waals surface area (Å²) in [5.74, 6) is -0.222. The van der Waals surface area contributed by atoms with Gasteiger partial charge in [-0.1, -0.05) is 33.6 Å². The van der Waals surface area contributed by atoms with Gasteiger partial charge in [0.25, 0.3) is 0 Å². The summed E-state index contributed by atoms with van der Waals surface area (Å²) in [6, 6.07) is 13.0. The molecule has 0 fully saturated rings. The Morgan fingerprint density at radius 2 is 1.82 bits per heavy atom. The standard InChI is InChI=1S/C14H13BrFN/c1-10-2-4-14(5-3-10)17-9-11-6-12(15)8-13(16)7-11/h2-8,17H,9H2,1H3. The maximum absolute atomic E-state index is 13.1. The quantitative estimate of drug-likeness (QED) is 0.878. The van der Waals surface area contributed by atoms with Crippen molar-refractivity contribution < 1.29 is 4.39 Å². The van der Waals surface area contributed by atoms with E-state index in [1.54, 1.807) is 0 Å². The average Bonchev–Trinajstić information content (AvgIpc) is 2.27. The molecule has 17 heavy (non-hydrogen) atoms. The Kier molecular flexibility index (Phi) is 3.79. The SMILES string of the molecule is Cc1ccc(NCc2cc(F)cc(Br)c2)cc1. The molecular formula is C14H13BrFN. The fourth-order valence-corrected chi connectivity index (χ4v) is 2.10. The number of hydrogen-bond donors (Lipinski definition) is 1. The largest absolute Gasteiger partial charge is 0.381 e. The molecule has 0 aliphatic heterocycles. The van der Waals surface area contributed by atoms with Crippen molar-refractivity contribution >= 4 is 21.6 Å². The number of hydrogen-bond acceptors (Lipinski definition) is 1. The van der Waals surface area contributed by atoms with Crippen molar-refractivity contribution in [3.05, 3.63) is 63.9 Å². The molecule has 88 valence electrons. The summed E-state index contributed by atoms with van der Waals surface area (Å²) in [5, 5.41) is 3.26. The highest BCUT2D eigenvalue weighted by molar-refractivity contribution is 9.10. The van der Waals surface area contributed by atoms with E-state index >= 15 is 0 Å². The highest BCUT2D eigenvalue weighted by Crippen LogP contribution is 2.16. The van der Waals surface area contributed by atoms with E-state index in [1.807, 2.05) is 37.3 Å². The maximum Gasteiger partial charge on any atom is 0.124 e. The van der Waals surface area contributed by atoms with E-state index in [1.165, 1.54) is 17.7 Å². The van der Waals surface area contributed by atoms with Crippen LogP contribution in [-0.4, -0.2) is 0 Å². The van der Waals surface area contributed by atoms with Gasteiger partial charge in [0.2, 0.25) is 0 Å². The molecule has 2 aromatic rings. The van der Waals surface area contributed by atoms with Gasteiger partial charge in [0.05, 0.1) is 0 Å². The minimum absolute atomic E-state index is 0.222. The van der Waals surface area contributed by atoms with E-state index in [0.717, 1.165) is 15.7 Å². The van der Waals surface area contributed by atoms with Crippen LogP contribution in [-0.2, 0) is 6.54 Å². The molecule has 0 unspecified atom stereocenters. The maximum atomic E-state index is 13.1. The van der Waals surface area contributed by atoms with Gasteiger partial charge in [-0.2, -0.15) is 0 Å². The number of halogens is 2. The molecule has 0 spiro atoms. The second-order valence-electron chi connectivity index (χ2n) is 4.00. The monoisotopic (exact) mass is 293 g/mol. The molecule has 1 N–H and O–H groups in total. The van der Waals surface area contributed by atoms with Crippen molar-refractivity contribution in [3.63, 3.8) is 0 Å². The first-order valence-corrected chi connectivity index (χ1v) is 6.18. The summed E-state index contributed by atoms with van der Waals surface area (Å²) in [5.41, 5.74) is 3.18. The van der Waals surface area contributed by atoms with Gasteiger partial charge in [-0.05, 0) is 42.8 Å². The predicted molar refractivity (Wildman–Crippen MR) is 72.6 cm³/mol. The minimum Gasteiger partial charge on any atom is -0.381 e. The van der Waals surface area contributed by atoms with Crippen molar-refractivity contribution in [2.24, 2.45) is 0 Å². The molecule has 3 heteroatoms. The molecule has 0 bridgehead atoms. The van der Waals surface area contributed by atoms with E-state index in [-0.39, 0.29) is 5.82 Å². The number of aryl methyl sites for hydroxylation is 1. The van der Waals surface area contributed by atoms with Crippen molar-refractivity contribution in [2.45, 2.75) is 13.5 Å². The van der Waals surface area contributed by atoms with Crippen molar-refractivity contribution in [1.29, 1.82) is 0 Å². The summed E-state index contributed by atoms with van der Waals surface area (Å²) in [6.07, 6.45) is 0. The van der Waals surface area contributed by atoms with Gasteiger partial charge < -0.3 is 5.32 Å². The third-order valence-corrected chi connectivity index (χ3v) is 2.93. The fraction of sp³-hybridized carbons (Fsp3) is 0.143. The van der Waals surface area contributed by atoms with Crippen LogP contribution in [0, 0.1) is 12.7 Å². The lowest BCUT2D eigenvalue weighted by Gasteiger charge is -2.07. The average molecular weight is 294 g/mol. The van der Waals surface area contributed by atoms with Gasteiger partial charge >= 0.3 is 0 Å². The van der Waals surface area contributed by atoms with Crippen molar-refractivity contribution in [3.8, 4) is 0 Å². The Morgan fingerprint density at radius 1 is 1.12 bits per heavy atom.